The van der Waals surface area contributed by atoms with Crippen molar-refractivity contribution in [3.05, 3.63) is 28.8 Å². The van der Waals surface area contributed by atoms with Crippen molar-refractivity contribution in [2.24, 2.45) is 5.73 Å². The van der Waals surface area contributed by atoms with Crippen molar-refractivity contribution >= 4 is 0 Å². The Kier molecular flexibility index (Phi) is 3.53. The minimum Gasteiger partial charge on any atom is -0.496 e. The molecular weight excluding hydrogens is 174 g/mol. The lowest BCUT2D eigenvalue weighted by molar-refractivity contribution is 0.411. The van der Waals surface area contributed by atoms with Gasteiger partial charge >= 0.3 is 0 Å². The second-order valence-corrected chi connectivity index (χ2v) is 3.82. The second-order valence-electron chi connectivity index (χ2n) is 3.82. The van der Waals surface area contributed by atoms with Gasteiger partial charge in [0.2, 0.25) is 0 Å². The van der Waals surface area contributed by atoms with E-state index in [-0.39, 0.29) is 0 Å². The van der Waals surface area contributed by atoms with Crippen molar-refractivity contribution in [3.8, 4) is 5.75 Å². The van der Waals surface area contributed by atoms with Gasteiger partial charge in [-0.05, 0) is 49.1 Å². The zero-order chi connectivity index (χ0) is 10.7. The van der Waals surface area contributed by atoms with Gasteiger partial charge in [0.15, 0.2) is 0 Å². The lowest BCUT2D eigenvalue weighted by atomic mass is 9.94. The van der Waals surface area contributed by atoms with E-state index in [9.17, 15) is 0 Å². The first kappa shape index (κ1) is 11.1. The maximum absolute atomic E-state index is 5.66. The minimum atomic E-state index is 0.416. The van der Waals surface area contributed by atoms with Crippen LogP contribution in [0.3, 0.4) is 0 Å². The predicted molar refractivity (Wildman–Crippen MR) is 59.9 cm³/mol. The summed E-state index contributed by atoms with van der Waals surface area (Å²) in [5.74, 6) is 1.37. The molecule has 0 aliphatic rings. The summed E-state index contributed by atoms with van der Waals surface area (Å²) in [4.78, 5) is 0. The highest BCUT2D eigenvalue weighted by Gasteiger charge is 2.09. The normalized spacial score (nSPS) is 12.6. The van der Waals surface area contributed by atoms with Gasteiger partial charge in [-0.1, -0.05) is 13.0 Å². The van der Waals surface area contributed by atoms with Crippen molar-refractivity contribution in [2.75, 3.05) is 13.7 Å². The zero-order valence-corrected chi connectivity index (χ0v) is 9.42. The molecule has 1 atom stereocenters. The molecule has 0 fully saturated rings. The molecule has 2 nitrogen and oxygen atoms in total. The SMILES string of the molecule is COc1cc(C)c(C(C)CN)cc1C. The molecule has 0 aliphatic carbocycles. The van der Waals surface area contributed by atoms with Gasteiger partial charge < -0.3 is 10.5 Å². The van der Waals surface area contributed by atoms with Gasteiger partial charge in [-0.3, -0.25) is 0 Å². The van der Waals surface area contributed by atoms with Gasteiger partial charge in [0.05, 0.1) is 7.11 Å². The molecular formula is C12H19NO. The van der Waals surface area contributed by atoms with E-state index in [0.717, 1.165) is 5.75 Å². The molecule has 14 heavy (non-hydrogen) atoms. The smallest absolute Gasteiger partial charge is 0.122 e. The Morgan fingerprint density at radius 3 is 2.43 bits per heavy atom. The molecule has 0 bridgehead atoms. The van der Waals surface area contributed by atoms with Gasteiger partial charge in [-0.2, -0.15) is 0 Å². The second kappa shape index (κ2) is 4.47. The monoisotopic (exact) mass is 193 g/mol. The van der Waals surface area contributed by atoms with Crippen LogP contribution in [-0.4, -0.2) is 13.7 Å². The maximum Gasteiger partial charge on any atom is 0.122 e. The molecule has 2 N–H and O–H groups in total. The van der Waals surface area contributed by atoms with E-state index in [1.165, 1.54) is 16.7 Å². The largest absolute Gasteiger partial charge is 0.496 e. The summed E-state index contributed by atoms with van der Waals surface area (Å²) in [5, 5.41) is 0. The first-order chi connectivity index (χ1) is 6.60. The van der Waals surface area contributed by atoms with Gasteiger partial charge in [-0.15, -0.1) is 0 Å². The Hall–Kier alpha value is -1.02. The highest BCUT2D eigenvalue weighted by Crippen LogP contribution is 2.26. The summed E-state index contributed by atoms with van der Waals surface area (Å²) in [7, 11) is 1.70. The van der Waals surface area contributed by atoms with E-state index >= 15 is 0 Å². The van der Waals surface area contributed by atoms with Crippen LogP contribution in [-0.2, 0) is 0 Å². The number of rotatable bonds is 3. The molecule has 0 aliphatic heterocycles. The highest BCUT2D eigenvalue weighted by molar-refractivity contribution is 5.42. The maximum atomic E-state index is 5.66. The first-order valence-electron chi connectivity index (χ1n) is 4.95. The quantitative estimate of drug-likeness (QED) is 0.800. The number of nitrogens with two attached hydrogens (primary N) is 1. The lowest BCUT2D eigenvalue weighted by Crippen LogP contribution is -2.10. The highest BCUT2D eigenvalue weighted by atomic mass is 16.5. The van der Waals surface area contributed by atoms with Gasteiger partial charge in [0, 0.05) is 0 Å². The average Bonchev–Trinajstić information content (AvgIpc) is 2.19. The summed E-state index contributed by atoms with van der Waals surface area (Å²) in [6, 6.07) is 4.25. The van der Waals surface area contributed by atoms with Gasteiger partial charge in [0.1, 0.15) is 5.75 Å². The van der Waals surface area contributed by atoms with Crippen LogP contribution in [0.1, 0.15) is 29.5 Å². The standard InChI is InChI=1S/C12H19NO/c1-8-6-12(14-4)9(2)5-11(8)10(3)7-13/h5-6,10H,7,13H2,1-4H3. The Balaban J connectivity index is 3.14. The Morgan fingerprint density at radius 1 is 1.29 bits per heavy atom. The third-order valence-corrected chi connectivity index (χ3v) is 2.67. The third kappa shape index (κ3) is 2.07. The fourth-order valence-corrected chi connectivity index (χ4v) is 1.69. The lowest BCUT2D eigenvalue weighted by Gasteiger charge is -2.15. The fourth-order valence-electron chi connectivity index (χ4n) is 1.69. The van der Waals surface area contributed by atoms with Crippen LogP contribution < -0.4 is 10.5 Å². The molecule has 1 aromatic carbocycles. The average molecular weight is 193 g/mol. The van der Waals surface area contributed by atoms with Crippen LogP contribution >= 0.6 is 0 Å². The van der Waals surface area contributed by atoms with Crippen LogP contribution in [0.25, 0.3) is 0 Å². The van der Waals surface area contributed by atoms with Crippen molar-refractivity contribution < 1.29 is 4.74 Å². The molecule has 0 amide bonds. The summed E-state index contributed by atoms with van der Waals surface area (Å²) >= 11 is 0. The van der Waals surface area contributed by atoms with Crippen LogP contribution in [0.2, 0.25) is 0 Å². The molecule has 0 saturated heterocycles. The molecule has 1 unspecified atom stereocenters. The summed E-state index contributed by atoms with van der Waals surface area (Å²) < 4.78 is 5.26. The Bertz CT molecular complexity index is 320. The van der Waals surface area contributed by atoms with E-state index in [0.29, 0.717) is 12.5 Å². The summed E-state index contributed by atoms with van der Waals surface area (Å²) in [5.41, 5.74) is 9.42. The van der Waals surface area contributed by atoms with Crippen LogP contribution in [0.15, 0.2) is 12.1 Å². The van der Waals surface area contributed by atoms with Crippen molar-refractivity contribution in [1.29, 1.82) is 0 Å². The topological polar surface area (TPSA) is 35.2 Å². The van der Waals surface area contributed by atoms with E-state index in [1.807, 2.05) is 0 Å². The third-order valence-electron chi connectivity index (χ3n) is 2.67. The first-order valence-corrected chi connectivity index (χ1v) is 4.95. The van der Waals surface area contributed by atoms with E-state index in [2.05, 4.69) is 32.9 Å². The molecule has 1 rings (SSSR count). The number of hydrogen-bond donors (Lipinski definition) is 1. The Labute approximate surface area is 86.1 Å². The van der Waals surface area contributed by atoms with Crippen LogP contribution in [0.5, 0.6) is 5.75 Å². The zero-order valence-electron chi connectivity index (χ0n) is 9.42. The van der Waals surface area contributed by atoms with Crippen molar-refractivity contribution in [2.45, 2.75) is 26.7 Å². The predicted octanol–water partition coefficient (Wildman–Crippen LogP) is 2.37. The molecule has 2 heteroatoms. The summed E-state index contributed by atoms with van der Waals surface area (Å²) in [6.07, 6.45) is 0. The van der Waals surface area contributed by atoms with E-state index in [1.54, 1.807) is 7.11 Å². The number of aryl methyl sites for hydroxylation is 2. The van der Waals surface area contributed by atoms with E-state index < -0.39 is 0 Å². The van der Waals surface area contributed by atoms with E-state index in [4.69, 9.17) is 10.5 Å². The molecule has 1 aromatic rings. The molecule has 0 heterocycles. The molecule has 0 saturated carbocycles. The Morgan fingerprint density at radius 2 is 1.93 bits per heavy atom. The van der Waals surface area contributed by atoms with Crippen molar-refractivity contribution in [3.63, 3.8) is 0 Å². The minimum absolute atomic E-state index is 0.416. The molecule has 0 radical (unpaired) electrons. The number of benzene rings is 1. The van der Waals surface area contributed by atoms with Gasteiger partial charge in [0.25, 0.3) is 0 Å². The molecule has 78 valence electrons. The molecule has 0 aromatic heterocycles. The van der Waals surface area contributed by atoms with Crippen molar-refractivity contribution in [1.82, 2.24) is 0 Å². The van der Waals surface area contributed by atoms with Crippen LogP contribution in [0.4, 0.5) is 0 Å². The van der Waals surface area contributed by atoms with Gasteiger partial charge in [-0.25, -0.2) is 0 Å². The number of hydrogen-bond acceptors (Lipinski definition) is 2. The van der Waals surface area contributed by atoms with Crippen LogP contribution in [0, 0.1) is 13.8 Å². The molecule has 0 spiro atoms. The summed E-state index contributed by atoms with van der Waals surface area (Å²) in [6.45, 7) is 7.00. The fraction of sp³-hybridized carbons (Fsp3) is 0.500. The number of methoxy groups -OCH3 is 1. The number of ether oxygens (including phenoxy) is 1.